The van der Waals surface area contributed by atoms with Crippen molar-refractivity contribution >= 4 is 33.5 Å². The smallest absolute Gasteiger partial charge is 0.417 e. The quantitative estimate of drug-likeness (QED) is 0.462. The van der Waals surface area contributed by atoms with Gasteiger partial charge in [-0.1, -0.05) is 21.6 Å². The number of carbonyl (C=O) groups excluding carboxylic acids is 1. The first-order chi connectivity index (χ1) is 13.2. The zero-order chi connectivity index (χ0) is 20.7. The van der Waals surface area contributed by atoms with Gasteiger partial charge in [-0.05, 0) is 19.1 Å². The normalized spacial score (nSPS) is 11.4. The maximum atomic E-state index is 12.6. The monoisotopic (exact) mass is 434 g/mol. The first-order valence-corrected chi connectivity index (χ1v) is 10.5. The largest absolute Gasteiger partial charge is 0.481 e. The minimum atomic E-state index is -4.47. The molecule has 2 rings (SSSR count). The molecule has 2 aromatic rings. The van der Waals surface area contributed by atoms with Crippen molar-refractivity contribution < 1.29 is 27.9 Å². The van der Waals surface area contributed by atoms with Gasteiger partial charge in [-0.15, -0.1) is 0 Å². The van der Waals surface area contributed by atoms with Crippen LogP contribution in [0.25, 0.3) is 5.82 Å². The number of carboxylic acids is 1. The number of hydrogen-bond donors (Lipinski definition) is 2. The summed E-state index contributed by atoms with van der Waals surface area (Å²) in [5.41, 5.74) is -0.115. The van der Waals surface area contributed by atoms with Gasteiger partial charge in [-0.3, -0.25) is 9.59 Å². The lowest BCUT2D eigenvalue weighted by Crippen LogP contribution is -2.26. The minimum Gasteiger partial charge on any atom is -0.481 e. The van der Waals surface area contributed by atoms with Crippen LogP contribution >= 0.6 is 21.6 Å². The molecule has 28 heavy (non-hydrogen) atoms. The van der Waals surface area contributed by atoms with Crippen molar-refractivity contribution in [3.8, 4) is 5.82 Å². The lowest BCUT2D eigenvalue weighted by atomic mass is 10.2. The Hall–Kier alpha value is -2.21. The SMILES string of the molecule is Cc1c(C(=O)NCCSSCCC(=O)O)cnn1-c1ccc(C(F)(F)F)cn1. The number of alkyl halides is 3. The van der Waals surface area contributed by atoms with Gasteiger partial charge in [0.15, 0.2) is 5.82 Å². The van der Waals surface area contributed by atoms with Crippen molar-refractivity contribution in [2.75, 3.05) is 18.1 Å². The first kappa shape index (κ1) is 22.1. The second-order valence-corrected chi connectivity index (χ2v) is 8.20. The highest BCUT2D eigenvalue weighted by Gasteiger charge is 2.30. The molecular weight excluding hydrogens is 417 g/mol. The van der Waals surface area contributed by atoms with Crippen molar-refractivity contribution in [3.05, 3.63) is 41.3 Å². The molecule has 0 fully saturated rings. The number of hydrogen-bond acceptors (Lipinski definition) is 6. The Morgan fingerprint density at radius 1 is 1.21 bits per heavy atom. The third kappa shape index (κ3) is 6.16. The molecule has 1 amide bonds. The van der Waals surface area contributed by atoms with E-state index >= 15 is 0 Å². The third-order valence-corrected chi connectivity index (χ3v) is 5.91. The Balaban J connectivity index is 1.89. The average Bonchev–Trinajstić information content (AvgIpc) is 3.01. The zero-order valence-electron chi connectivity index (χ0n) is 14.7. The second-order valence-electron chi connectivity index (χ2n) is 5.50. The van der Waals surface area contributed by atoms with Gasteiger partial charge in [0.2, 0.25) is 0 Å². The van der Waals surface area contributed by atoms with E-state index in [2.05, 4.69) is 15.4 Å². The first-order valence-electron chi connectivity index (χ1n) is 8.03. The van der Waals surface area contributed by atoms with Crippen LogP contribution in [0.15, 0.2) is 24.5 Å². The fourth-order valence-corrected chi connectivity index (χ4v) is 3.98. The molecule has 0 atom stereocenters. The van der Waals surface area contributed by atoms with Gasteiger partial charge in [0.1, 0.15) is 0 Å². The van der Waals surface area contributed by atoms with Crippen LogP contribution in [0.1, 0.15) is 28.0 Å². The number of nitrogens with one attached hydrogen (secondary N) is 1. The summed E-state index contributed by atoms with van der Waals surface area (Å²) in [6.07, 6.45) is -2.34. The van der Waals surface area contributed by atoms with Crippen LogP contribution in [0, 0.1) is 6.92 Å². The molecule has 0 aromatic carbocycles. The molecule has 0 radical (unpaired) electrons. The molecule has 2 aromatic heterocycles. The fraction of sp³-hybridized carbons (Fsp3) is 0.375. The number of aliphatic carboxylic acids is 1. The maximum absolute atomic E-state index is 12.6. The Morgan fingerprint density at radius 2 is 1.93 bits per heavy atom. The average molecular weight is 434 g/mol. The Labute approximate surface area is 166 Å². The van der Waals surface area contributed by atoms with E-state index in [1.54, 1.807) is 6.92 Å². The van der Waals surface area contributed by atoms with Crippen molar-refractivity contribution in [3.63, 3.8) is 0 Å². The molecule has 12 heteroatoms. The molecular formula is C16H17F3N4O3S2. The standard InChI is InChI=1S/C16H17F3N4O3S2/c1-10-12(15(26)20-5-7-28-27-6-4-14(24)25)9-22-23(10)13-3-2-11(8-21-13)16(17,18)19/h2-3,8-9H,4-7H2,1H3,(H,20,26)(H,24,25). The molecule has 0 aliphatic rings. The summed E-state index contributed by atoms with van der Waals surface area (Å²) in [5.74, 6) is 0.0574. The van der Waals surface area contributed by atoms with Gasteiger partial charge in [0, 0.05) is 24.2 Å². The Morgan fingerprint density at radius 3 is 2.54 bits per heavy atom. The summed E-state index contributed by atoms with van der Waals surface area (Å²) in [6.45, 7) is 2.00. The van der Waals surface area contributed by atoms with Crippen molar-refractivity contribution in [2.24, 2.45) is 0 Å². The van der Waals surface area contributed by atoms with Crippen molar-refractivity contribution in [2.45, 2.75) is 19.5 Å². The van der Waals surface area contributed by atoms with Crippen LogP contribution in [0.2, 0.25) is 0 Å². The van der Waals surface area contributed by atoms with E-state index in [0.717, 1.165) is 12.3 Å². The number of nitrogens with zero attached hydrogens (tertiary/aromatic N) is 3. The van der Waals surface area contributed by atoms with Gasteiger partial charge >= 0.3 is 12.1 Å². The van der Waals surface area contributed by atoms with Crippen molar-refractivity contribution in [1.29, 1.82) is 0 Å². The minimum absolute atomic E-state index is 0.0837. The van der Waals surface area contributed by atoms with E-state index in [1.807, 2.05) is 0 Å². The number of pyridine rings is 1. The van der Waals surface area contributed by atoms with Gasteiger partial charge in [0.05, 0.1) is 29.4 Å². The molecule has 0 saturated heterocycles. The maximum Gasteiger partial charge on any atom is 0.417 e. The predicted molar refractivity (Wildman–Crippen MR) is 101 cm³/mol. The van der Waals surface area contributed by atoms with Crippen LogP contribution in [-0.2, 0) is 11.0 Å². The van der Waals surface area contributed by atoms with Crippen LogP contribution in [0.4, 0.5) is 13.2 Å². The number of amides is 1. The fourth-order valence-electron chi connectivity index (χ4n) is 2.09. The van der Waals surface area contributed by atoms with Gasteiger partial charge in [0.25, 0.3) is 5.91 Å². The topological polar surface area (TPSA) is 97.1 Å². The van der Waals surface area contributed by atoms with E-state index in [1.165, 1.54) is 38.5 Å². The summed E-state index contributed by atoms with van der Waals surface area (Å²) in [5, 5.41) is 15.3. The molecule has 152 valence electrons. The Bertz CT molecular complexity index is 826. The molecule has 0 saturated carbocycles. The molecule has 7 nitrogen and oxygen atoms in total. The highest BCUT2D eigenvalue weighted by atomic mass is 33.1. The predicted octanol–water partition coefficient (Wildman–Crippen LogP) is 3.18. The molecule has 0 bridgehead atoms. The summed E-state index contributed by atoms with van der Waals surface area (Å²) < 4.78 is 39.2. The van der Waals surface area contributed by atoms with Crippen LogP contribution in [0.5, 0.6) is 0 Å². The highest BCUT2D eigenvalue weighted by molar-refractivity contribution is 8.76. The van der Waals surface area contributed by atoms with Crippen molar-refractivity contribution in [1.82, 2.24) is 20.1 Å². The molecule has 0 spiro atoms. The van der Waals surface area contributed by atoms with E-state index in [-0.39, 0.29) is 18.1 Å². The Kier molecular flexibility index (Phi) is 7.75. The molecule has 2 N–H and O–H groups in total. The molecule has 2 heterocycles. The number of halogens is 3. The summed E-state index contributed by atoms with van der Waals surface area (Å²) in [4.78, 5) is 26.4. The lowest BCUT2D eigenvalue weighted by molar-refractivity contribution is -0.138. The number of rotatable bonds is 9. The summed E-state index contributed by atoms with van der Waals surface area (Å²) >= 11 is 0. The van der Waals surface area contributed by atoms with Crippen LogP contribution in [0.3, 0.4) is 0 Å². The molecule has 0 aliphatic carbocycles. The van der Waals surface area contributed by atoms with Gasteiger partial charge in [-0.25, -0.2) is 9.67 Å². The molecule has 0 unspecified atom stereocenters. The van der Waals surface area contributed by atoms with E-state index in [0.29, 0.717) is 29.3 Å². The number of carboxylic acid groups (broad SMARTS) is 1. The van der Waals surface area contributed by atoms with Crippen LogP contribution < -0.4 is 5.32 Å². The highest BCUT2D eigenvalue weighted by Crippen LogP contribution is 2.28. The number of carbonyl (C=O) groups is 2. The summed E-state index contributed by atoms with van der Waals surface area (Å²) in [7, 11) is 2.87. The summed E-state index contributed by atoms with van der Waals surface area (Å²) in [6, 6.07) is 2.10. The van der Waals surface area contributed by atoms with E-state index in [4.69, 9.17) is 5.11 Å². The molecule has 0 aliphatic heterocycles. The van der Waals surface area contributed by atoms with E-state index in [9.17, 15) is 22.8 Å². The van der Waals surface area contributed by atoms with E-state index < -0.39 is 17.7 Å². The lowest BCUT2D eigenvalue weighted by Gasteiger charge is -2.08. The number of aromatic nitrogens is 3. The van der Waals surface area contributed by atoms with Gasteiger partial charge in [-0.2, -0.15) is 18.3 Å². The van der Waals surface area contributed by atoms with Crippen LogP contribution in [-0.4, -0.2) is 49.8 Å². The van der Waals surface area contributed by atoms with Gasteiger partial charge < -0.3 is 10.4 Å². The second kappa shape index (κ2) is 9.82. The third-order valence-electron chi connectivity index (χ3n) is 3.50. The zero-order valence-corrected chi connectivity index (χ0v) is 16.3.